The average molecular weight is 300 g/mol. The molecule has 116 valence electrons. The summed E-state index contributed by atoms with van der Waals surface area (Å²) >= 11 is 0. The minimum Gasteiger partial charge on any atom is -0.426 e. The normalized spacial score (nSPS) is 15.9. The van der Waals surface area contributed by atoms with Crippen LogP contribution in [0.5, 0.6) is 5.75 Å². The molecule has 4 heteroatoms. The Hall–Kier alpha value is -2.10. The van der Waals surface area contributed by atoms with E-state index in [-0.39, 0.29) is 17.5 Å². The molecule has 0 saturated heterocycles. The second-order valence-corrected chi connectivity index (χ2v) is 6.05. The zero-order valence-electron chi connectivity index (χ0n) is 13.0. The monoisotopic (exact) mass is 300 g/mol. The van der Waals surface area contributed by atoms with Crippen molar-refractivity contribution in [3.05, 3.63) is 39.7 Å². The number of hydrogen-bond acceptors (Lipinski definition) is 4. The summed E-state index contributed by atoms with van der Waals surface area (Å²) in [4.78, 5) is 23.9. The van der Waals surface area contributed by atoms with Crippen molar-refractivity contribution >= 4 is 16.9 Å². The van der Waals surface area contributed by atoms with Crippen LogP contribution in [0.15, 0.2) is 27.4 Å². The molecule has 0 radical (unpaired) electrons. The van der Waals surface area contributed by atoms with Crippen molar-refractivity contribution < 1.29 is 13.9 Å². The second kappa shape index (κ2) is 5.95. The van der Waals surface area contributed by atoms with E-state index >= 15 is 0 Å². The third kappa shape index (κ3) is 2.78. The van der Waals surface area contributed by atoms with Crippen LogP contribution in [-0.2, 0) is 4.79 Å². The number of rotatable bonds is 2. The SMILES string of the molecule is Cc1c(C)c2ccc(OC(=O)C3CCCCC3)cc2oc1=O. The van der Waals surface area contributed by atoms with E-state index in [0.29, 0.717) is 16.9 Å². The molecule has 1 aromatic heterocycles. The van der Waals surface area contributed by atoms with Crippen LogP contribution in [0.25, 0.3) is 11.0 Å². The number of fused-ring (bicyclic) bond motifs is 1. The summed E-state index contributed by atoms with van der Waals surface area (Å²) in [6, 6.07) is 5.23. The molecule has 1 aromatic carbocycles. The fourth-order valence-corrected chi connectivity index (χ4v) is 3.03. The van der Waals surface area contributed by atoms with E-state index in [9.17, 15) is 9.59 Å². The summed E-state index contributed by atoms with van der Waals surface area (Å²) in [5.41, 5.74) is 1.62. The number of benzene rings is 1. The Morgan fingerprint density at radius 3 is 2.59 bits per heavy atom. The second-order valence-electron chi connectivity index (χ2n) is 6.05. The Labute approximate surface area is 129 Å². The molecular formula is C18H20O4. The maximum atomic E-state index is 12.2. The van der Waals surface area contributed by atoms with Gasteiger partial charge < -0.3 is 9.15 Å². The van der Waals surface area contributed by atoms with E-state index in [1.54, 1.807) is 19.1 Å². The largest absolute Gasteiger partial charge is 0.426 e. The van der Waals surface area contributed by atoms with Crippen molar-refractivity contribution in [2.24, 2.45) is 5.92 Å². The Morgan fingerprint density at radius 1 is 1.14 bits per heavy atom. The lowest BCUT2D eigenvalue weighted by Gasteiger charge is -2.19. The van der Waals surface area contributed by atoms with Gasteiger partial charge in [0.05, 0.1) is 5.92 Å². The molecule has 0 bridgehead atoms. The van der Waals surface area contributed by atoms with Crippen LogP contribution in [0.1, 0.15) is 43.2 Å². The van der Waals surface area contributed by atoms with Gasteiger partial charge in [0.2, 0.25) is 0 Å². The maximum absolute atomic E-state index is 12.2. The van der Waals surface area contributed by atoms with Gasteiger partial charge in [-0.05, 0) is 44.4 Å². The smallest absolute Gasteiger partial charge is 0.339 e. The minimum atomic E-state index is -0.347. The number of carbonyl (C=O) groups is 1. The minimum absolute atomic E-state index is 0.00351. The molecule has 22 heavy (non-hydrogen) atoms. The van der Waals surface area contributed by atoms with Crippen LogP contribution < -0.4 is 10.4 Å². The molecule has 3 rings (SSSR count). The van der Waals surface area contributed by atoms with Crippen LogP contribution >= 0.6 is 0 Å². The van der Waals surface area contributed by atoms with E-state index < -0.39 is 0 Å². The van der Waals surface area contributed by atoms with E-state index in [1.165, 1.54) is 6.42 Å². The lowest BCUT2D eigenvalue weighted by atomic mass is 9.89. The molecule has 0 N–H and O–H groups in total. The number of carbonyl (C=O) groups excluding carboxylic acids is 1. The third-order valence-corrected chi connectivity index (χ3v) is 4.59. The van der Waals surface area contributed by atoms with Gasteiger partial charge in [0.15, 0.2) is 0 Å². The summed E-state index contributed by atoms with van der Waals surface area (Å²) in [6.45, 7) is 3.64. The Balaban J connectivity index is 1.87. The van der Waals surface area contributed by atoms with Crippen LogP contribution in [0.3, 0.4) is 0 Å². The van der Waals surface area contributed by atoms with Crippen molar-refractivity contribution in [2.45, 2.75) is 46.0 Å². The summed E-state index contributed by atoms with van der Waals surface area (Å²) in [5.74, 6) is 0.260. The summed E-state index contributed by atoms with van der Waals surface area (Å²) in [5, 5.41) is 0.870. The van der Waals surface area contributed by atoms with Crippen LogP contribution in [0.4, 0.5) is 0 Å². The topological polar surface area (TPSA) is 56.5 Å². The Morgan fingerprint density at radius 2 is 1.86 bits per heavy atom. The molecule has 0 spiro atoms. The van der Waals surface area contributed by atoms with Crippen molar-refractivity contribution in [1.82, 2.24) is 0 Å². The molecule has 1 heterocycles. The first-order valence-electron chi connectivity index (χ1n) is 7.82. The molecular weight excluding hydrogens is 280 g/mol. The molecule has 1 fully saturated rings. The summed E-state index contributed by atoms with van der Waals surface area (Å²) < 4.78 is 10.8. The standard InChI is InChI=1S/C18H20O4/c1-11-12(2)17(19)22-16-10-14(8-9-15(11)16)21-18(20)13-6-4-3-5-7-13/h8-10,13H,3-7H2,1-2H3. The van der Waals surface area contributed by atoms with Crippen molar-refractivity contribution in [1.29, 1.82) is 0 Å². The van der Waals surface area contributed by atoms with E-state index in [0.717, 1.165) is 36.6 Å². The Bertz CT molecular complexity index is 766. The molecule has 1 aliphatic rings. The number of esters is 1. The van der Waals surface area contributed by atoms with Crippen LogP contribution in [0, 0.1) is 19.8 Å². The molecule has 2 aromatic rings. The lowest BCUT2D eigenvalue weighted by Crippen LogP contribution is -2.22. The van der Waals surface area contributed by atoms with E-state index in [1.807, 2.05) is 13.0 Å². The van der Waals surface area contributed by atoms with Crippen LogP contribution in [-0.4, -0.2) is 5.97 Å². The van der Waals surface area contributed by atoms with Crippen molar-refractivity contribution in [2.75, 3.05) is 0 Å². The first-order chi connectivity index (χ1) is 10.6. The third-order valence-electron chi connectivity index (χ3n) is 4.59. The van der Waals surface area contributed by atoms with Gasteiger partial charge in [-0.1, -0.05) is 19.3 Å². The zero-order chi connectivity index (χ0) is 15.7. The predicted molar refractivity (Wildman–Crippen MR) is 84.2 cm³/mol. The highest BCUT2D eigenvalue weighted by molar-refractivity contribution is 5.83. The van der Waals surface area contributed by atoms with Crippen LogP contribution in [0.2, 0.25) is 0 Å². The van der Waals surface area contributed by atoms with Crippen molar-refractivity contribution in [3.8, 4) is 5.75 Å². The number of ether oxygens (including phenoxy) is 1. The highest BCUT2D eigenvalue weighted by Gasteiger charge is 2.23. The fourth-order valence-electron chi connectivity index (χ4n) is 3.03. The zero-order valence-corrected chi connectivity index (χ0v) is 13.0. The quantitative estimate of drug-likeness (QED) is 0.479. The number of hydrogen-bond donors (Lipinski definition) is 0. The first-order valence-corrected chi connectivity index (χ1v) is 7.82. The molecule has 1 aliphatic carbocycles. The van der Waals surface area contributed by atoms with E-state index in [2.05, 4.69) is 0 Å². The lowest BCUT2D eigenvalue weighted by molar-refractivity contribution is -0.139. The highest BCUT2D eigenvalue weighted by Crippen LogP contribution is 2.27. The maximum Gasteiger partial charge on any atom is 0.339 e. The molecule has 1 saturated carbocycles. The Kier molecular flexibility index (Phi) is 4.01. The van der Waals surface area contributed by atoms with Gasteiger partial charge in [0, 0.05) is 17.0 Å². The number of aryl methyl sites for hydroxylation is 1. The molecule has 0 atom stereocenters. The highest BCUT2D eigenvalue weighted by atomic mass is 16.5. The molecule has 0 aliphatic heterocycles. The van der Waals surface area contributed by atoms with Gasteiger partial charge in [-0.2, -0.15) is 0 Å². The molecule has 4 nitrogen and oxygen atoms in total. The van der Waals surface area contributed by atoms with Crippen molar-refractivity contribution in [3.63, 3.8) is 0 Å². The predicted octanol–water partition coefficient (Wildman–Crippen LogP) is 3.90. The molecule has 0 unspecified atom stereocenters. The van der Waals surface area contributed by atoms with Gasteiger partial charge >= 0.3 is 11.6 Å². The first kappa shape index (κ1) is 14.8. The van der Waals surface area contributed by atoms with E-state index in [4.69, 9.17) is 9.15 Å². The van der Waals surface area contributed by atoms with Gasteiger partial charge in [-0.25, -0.2) is 4.79 Å². The summed E-state index contributed by atoms with van der Waals surface area (Å²) in [7, 11) is 0. The van der Waals surface area contributed by atoms with Gasteiger partial charge in [-0.15, -0.1) is 0 Å². The molecule has 0 amide bonds. The van der Waals surface area contributed by atoms with Gasteiger partial charge in [0.25, 0.3) is 0 Å². The van der Waals surface area contributed by atoms with Gasteiger partial charge in [-0.3, -0.25) is 4.79 Å². The fraction of sp³-hybridized carbons (Fsp3) is 0.444. The summed E-state index contributed by atoms with van der Waals surface area (Å²) in [6.07, 6.45) is 5.18. The average Bonchev–Trinajstić information content (AvgIpc) is 2.53. The van der Waals surface area contributed by atoms with Gasteiger partial charge in [0.1, 0.15) is 11.3 Å².